The van der Waals surface area contributed by atoms with Crippen molar-refractivity contribution in [3.05, 3.63) is 41.5 Å². The second-order valence-corrected chi connectivity index (χ2v) is 5.70. The van der Waals surface area contributed by atoms with Crippen LogP contribution in [0.25, 0.3) is 10.4 Å². The second kappa shape index (κ2) is 6.57. The van der Waals surface area contributed by atoms with Crippen LogP contribution in [0.3, 0.4) is 0 Å². The quantitative estimate of drug-likeness (QED) is 0.661. The van der Waals surface area contributed by atoms with Gasteiger partial charge in [0, 0.05) is 4.88 Å². The number of hydrogen-bond donors (Lipinski definition) is 1. The third-order valence-corrected chi connectivity index (χ3v) is 4.32. The molecule has 2 rings (SSSR count). The maximum Gasteiger partial charge on any atom is 0.341 e. The summed E-state index contributed by atoms with van der Waals surface area (Å²) in [5, 5.41) is 0.530. The van der Waals surface area contributed by atoms with Gasteiger partial charge >= 0.3 is 5.97 Å². The van der Waals surface area contributed by atoms with Gasteiger partial charge in [-0.1, -0.05) is 43.7 Å². The minimum absolute atomic E-state index is 0.313. The highest BCUT2D eigenvalue weighted by Crippen LogP contribution is 2.38. The smallest absolute Gasteiger partial charge is 0.341 e. The van der Waals surface area contributed by atoms with Gasteiger partial charge in [0.25, 0.3) is 0 Å². The number of unbranched alkanes of at least 4 members (excludes halogenated alkanes) is 1. The van der Waals surface area contributed by atoms with Crippen molar-refractivity contribution >= 4 is 22.3 Å². The number of hydrogen-bond acceptors (Lipinski definition) is 4. The summed E-state index contributed by atoms with van der Waals surface area (Å²) in [7, 11) is 0. The van der Waals surface area contributed by atoms with Crippen molar-refractivity contribution in [2.24, 2.45) is 0 Å². The minimum Gasteiger partial charge on any atom is -0.462 e. The molecule has 0 radical (unpaired) electrons. The van der Waals surface area contributed by atoms with Gasteiger partial charge in [0.05, 0.1) is 12.2 Å². The molecule has 20 heavy (non-hydrogen) atoms. The zero-order valence-electron chi connectivity index (χ0n) is 11.8. The average molecular weight is 289 g/mol. The van der Waals surface area contributed by atoms with E-state index in [9.17, 15) is 4.79 Å². The number of nitrogens with two attached hydrogens (primary N) is 1. The Morgan fingerprint density at radius 2 is 2.00 bits per heavy atom. The third-order valence-electron chi connectivity index (χ3n) is 3.15. The fourth-order valence-corrected chi connectivity index (χ4v) is 3.10. The number of nitrogen functional groups attached to an aromatic ring is 1. The Labute approximate surface area is 123 Å². The molecule has 106 valence electrons. The van der Waals surface area contributed by atoms with Gasteiger partial charge < -0.3 is 10.5 Å². The van der Waals surface area contributed by atoms with E-state index in [-0.39, 0.29) is 5.97 Å². The minimum atomic E-state index is -0.313. The summed E-state index contributed by atoms with van der Waals surface area (Å²) >= 11 is 1.44. The molecular weight excluding hydrogens is 270 g/mol. The molecule has 1 aromatic carbocycles. The Balaban J connectivity index is 2.28. The summed E-state index contributed by atoms with van der Waals surface area (Å²) in [5.74, 6) is -0.313. The topological polar surface area (TPSA) is 52.3 Å². The van der Waals surface area contributed by atoms with Crippen molar-refractivity contribution in [1.29, 1.82) is 0 Å². The maximum atomic E-state index is 12.1. The van der Waals surface area contributed by atoms with Crippen molar-refractivity contribution < 1.29 is 9.53 Å². The molecule has 0 fully saturated rings. The van der Waals surface area contributed by atoms with Crippen LogP contribution in [0.5, 0.6) is 0 Å². The molecule has 4 heteroatoms. The lowest BCUT2D eigenvalue weighted by atomic mass is 10.1. The standard InChI is InChI=1S/C16H19NO2S/c1-3-4-10-19-16(18)13-11(2)14(20-15(13)17)12-8-6-5-7-9-12/h5-9H,3-4,10,17H2,1-2H3. The van der Waals surface area contributed by atoms with Crippen molar-refractivity contribution in [2.45, 2.75) is 26.7 Å². The van der Waals surface area contributed by atoms with E-state index in [2.05, 4.69) is 6.92 Å². The van der Waals surface area contributed by atoms with Crippen LogP contribution in [-0.2, 0) is 4.74 Å². The van der Waals surface area contributed by atoms with Crippen LogP contribution >= 0.6 is 11.3 Å². The van der Waals surface area contributed by atoms with Crippen LogP contribution in [0.15, 0.2) is 30.3 Å². The van der Waals surface area contributed by atoms with Crippen molar-refractivity contribution in [1.82, 2.24) is 0 Å². The highest BCUT2D eigenvalue weighted by molar-refractivity contribution is 7.19. The van der Waals surface area contributed by atoms with Gasteiger partial charge in [0.1, 0.15) is 5.00 Å². The lowest BCUT2D eigenvalue weighted by Crippen LogP contribution is -2.08. The Morgan fingerprint density at radius 3 is 2.65 bits per heavy atom. The highest BCUT2D eigenvalue weighted by Gasteiger charge is 2.21. The van der Waals surface area contributed by atoms with Gasteiger partial charge in [-0.15, -0.1) is 11.3 Å². The van der Waals surface area contributed by atoms with Crippen LogP contribution in [-0.4, -0.2) is 12.6 Å². The molecule has 0 bridgehead atoms. The molecule has 0 spiro atoms. The first-order valence-corrected chi connectivity index (χ1v) is 7.58. The summed E-state index contributed by atoms with van der Waals surface area (Å²) in [4.78, 5) is 13.1. The fourth-order valence-electron chi connectivity index (χ4n) is 2.04. The molecule has 0 aliphatic carbocycles. The zero-order valence-corrected chi connectivity index (χ0v) is 12.6. The Hall–Kier alpha value is -1.81. The van der Waals surface area contributed by atoms with Crippen molar-refractivity contribution in [3.63, 3.8) is 0 Å². The SMILES string of the molecule is CCCCOC(=O)c1c(N)sc(-c2ccccc2)c1C. The van der Waals surface area contributed by atoms with Crippen LogP contribution in [0, 0.1) is 6.92 Å². The Bertz CT molecular complexity index is 590. The van der Waals surface area contributed by atoms with E-state index in [4.69, 9.17) is 10.5 Å². The van der Waals surface area contributed by atoms with E-state index in [1.165, 1.54) is 11.3 Å². The van der Waals surface area contributed by atoms with Crippen molar-refractivity contribution in [2.75, 3.05) is 12.3 Å². The highest BCUT2D eigenvalue weighted by atomic mass is 32.1. The zero-order chi connectivity index (χ0) is 14.5. The van der Waals surface area contributed by atoms with E-state index < -0.39 is 0 Å². The molecule has 0 unspecified atom stereocenters. The number of thiophene rings is 1. The van der Waals surface area contributed by atoms with E-state index in [1.54, 1.807) is 0 Å². The first kappa shape index (κ1) is 14.6. The summed E-state index contributed by atoms with van der Waals surface area (Å²) < 4.78 is 5.27. The third kappa shape index (κ3) is 3.02. The number of ether oxygens (including phenoxy) is 1. The Morgan fingerprint density at radius 1 is 1.30 bits per heavy atom. The van der Waals surface area contributed by atoms with Crippen LogP contribution < -0.4 is 5.73 Å². The maximum absolute atomic E-state index is 12.1. The number of carbonyl (C=O) groups is 1. The molecular formula is C16H19NO2S. The largest absolute Gasteiger partial charge is 0.462 e. The number of benzene rings is 1. The van der Waals surface area contributed by atoms with E-state index >= 15 is 0 Å². The van der Waals surface area contributed by atoms with Gasteiger partial charge in [0.2, 0.25) is 0 Å². The van der Waals surface area contributed by atoms with Crippen LogP contribution in [0.1, 0.15) is 35.7 Å². The van der Waals surface area contributed by atoms with Gasteiger partial charge in [-0.3, -0.25) is 0 Å². The molecule has 0 aliphatic heterocycles. The average Bonchev–Trinajstić information content (AvgIpc) is 2.75. The van der Waals surface area contributed by atoms with Crippen LogP contribution in [0.4, 0.5) is 5.00 Å². The second-order valence-electron chi connectivity index (χ2n) is 4.65. The molecule has 0 aliphatic rings. The lowest BCUT2D eigenvalue weighted by molar-refractivity contribution is 0.0501. The van der Waals surface area contributed by atoms with E-state index in [0.29, 0.717) is 17.2 Å². The molecule has 1 aromatic heterocycles. The van der Waals surface area contributed by atoms with Gasteiger partial charge in [-0.25, -0.2) is 4.79 Å². The molecule has 1 heterocycles. The molecule has 0 amide bonds. The molecule has 0 saturated heterocycles. The van der Waals surface area contributed by atoms with E-state index in [1.807, 2.05) is 37.3 Å². The summed E-state index contributed by atoms with van der Waals surface area (Å²) in [6.45, 7) is 4.43. The summed E-state index contributed by atoms with van der Waals surface area (Å²) in [5.41, 5.74) is 8.50. The number of esters is 1. The van der Waals surface area contributed by atoms with Gasteiger partial charge in [-0.2, -0.15) is 0 Å². The fraction of sp³-hybridized carbons (Fsp3) is 0.312. The number of anilines is 1. The predicted octanol–water partition coefficient (Wildman–Crippen LogP) is 4.26. The predicted molar refractivity (Wildman–Crippen MR) is 84.1 cm³/mol. The first-order chi connectivity index (χ1) is 9.65. The monoisotopic (exact) mass is 289 g/mol. The first-order valence-electron chi connectivity index (χ1n) is 6.76. The normalized spacial score (nSPS) is 10.5. The summed E-state index contributed by atoms with van der Waals surface area (Å²) in [6.07, 6.45) is 1.88. The molecule has 2 aromatic rings. The molecule has 0 atom stereocenters. The van der Waals surface area contributed by atoms with Gasteiger partial charge in [-0.05, 0) is 24.5 Å². The Kier molecular flexibility index (Phi) is 4.79. The molecule has 2 N–H and O–H groups in total. The van der Waals surface area contributed by atoms with Crippen molar-refractivity contribution in [3.8, 4) is 10.4 Å². The number of rotatable bonds is 5. The van der Waals surface area contributed by atoms with Crippen LogP contribution in [0.2, 0.25) is 0 Å². The molecule has 0 saturated carbocycles. The van der Waals surface area contributed by atoms with Gasteiger partial charge in [0.15, 0.2) is 0 Å². The molecule has 3 nitrogen and oxygen atoms in total. The summed E-state index contributed by atoms with van der Waals surface area (Å²) in [6, 6.07) is 9.96. The van der Waals surface area contributed by atoms with E-state index in [0.717, 1.165) is 28.8 Å². The lowest BCUT2D eigenvalue weighted by Gasteiger charge is -2.05. The number of carbonyl (C=O) groups excluding carboxylic acids is 1.